The van der Waals surface area contributed by atoms with Gasteiger partial charge in [0.2, 0.25) is 10.0 Å². The molecule has 0 heterocycles. The van der Waals surface area contributed by atoms with Gasteiger partial charge in [-0.25, -0.2) is 17.5 Å². The zero-order chi connectivity index (χ0) is 14.8. The summed E-state index contributed by atoms with van der Waals surface area (Å²) in [5.41, 5.74) is 0. The maximum atomic E-state index is 13.8. The number of sulfonamides is 1. The number of hydrogen-bond acceptors (Lipinski definition) is 2. The van der Waals surface area contributed by atoms with Crippen molar-refractivity contribution in [2.75, 3.05) is 0 Å². The molecule has 0 aliphatic heterocycles. The van der Waals surface area contributed by atoms with Gasteiger partial charge >= 0.3 is 0 Å². The number of nitrogens with one attached hydrogen (secondary N) is 1. The van der Waals surface area contributed by atoms with E-state index in [1.54, 1.807) is 0 Å². The molecule has 1 aromatic carbocycles. The van der Waals surface area contributed by atoms with Crippen molar-refractivity contribution in [1.82, 2.24) is 4.72 Å². The van der Waals surface area contributed by atoms with Crippen molar-refractivity contribution in [3.8, 4) is 0 Å². The Balaban J connectivity index is 2.21. The summed E-state index contributed by atoms with van der Waals surface area (Å²) in [7, 11) is -3.80. The molecule has 2 unspecified atom stereocenters. The summed E-state index contributed by atoms with van der Waals surface area (Å²) in [5.74, 6) is -0.445. The summed E-state index contributed by atoms with van der Waals surface area (Å²) in [6.45, 7) is 2.05. The van der Waals surface area contributed by atoms with Crippen molar-refractivity contribution in [2.45, 2.75) is 50.0 Å². The van der Waals surface area contributed by atoms with Gasteiger partial charge in [-0.15, -0.1) is 0 Å². The summed E-state index contributed by atoms with van der Waals surface area (Å²) in [5, 5.41) is 0. The number of halogens is 2. The van der Waals surface area contributed by atoms with E-state index in [0.717, 1.165) is 32.1 Å². The minimum Gasteiger partial charge on any atom is -0.208 e. The van der Waals surface area contributed by atoms with Crippen molar-refractivity contribution >= 4 is 26.0 Å². The molecule has 0 spiro atoms. The van der Waals surface area contributed by atoms with Gasteiger partial charge in [0.15, 0.2) is 0 Å². The molecule has 0 radical (unpaired) electrons. The van der Waals surface area contributed by atoms with Crippen molar-refractivity contribution in [1.29, 1.82) is 0 Å². The van der Waals surface area contributed by atoms with Gasteiger partial charge in [-0.3, -0.25) is 0 Å². The smallest absolute Gasteiger partial charge is 0.208 e. The van der Waals surface area contributed by atoms with E-state index in [-0.39, 0.29) is 16.9 Å². The lowest BCUT2D eigenvalue weighted by molar-refractivity contribution is 0.398. The molecular weight excluding hydrogens is 345 g/mol. The Morgan fingerprint density at radius 1 is 1.25 bits per heavy atom. The van der Waals surface area contributed by atoms with Crippen LogP contribution in [0.2, 0.25) is 0 Å². The number of benzene rings is 1. The van der Waals surface area contributed by atoms with Crippen LogP contribution in [-0.2, 0) is 10.0 Å². The molecule has 1 aliphatic rings. The lowest BCUT2D eigenvalue weighted by atomic mass is 9.98. The molecule has 0 amide bonds. The van der Waals surface area contributed by atoms with Gasteiger partial charge in [-0.1, -0.05) is 42.1 Å². The fourth-order valence-corrected chi connectivity index (χ4v) is 4.40. The molecule has 1 saturated carbocycles. The average molecular weight is 364 g/mol. The van der Waals surface area contributed by atoms with E-state index in [1.807, 2.05) is 0 Å². The first kappa shape index (κ1) is 15.9. The summed E-state index contributed by atoms with van der Waals surface area (Å²) in [6.07, 6.45) is 5.11. The minimum absolute atomic E-state index is 0.106. The Morgan fingerprint density at radius 3 is 2.65 bits per heavy atom. The van der Waals surface area contributed by atoms with Crippen LogP contribution in [0.1, 0.15) is 39.0 Å². The highest BCUT2D eigenvalue weighted by Crippen LogP contribution is 2.25. The summed E-state index contributed by atoms with van der Waals surface area (Å²) in [4.78, 5) is -0.280. The highest BCUT2D eigenvalue weighted by molar-refractivity contribution is 9.10. The van der Waals surface area contributed by atoms with Gasteiger partial charge in [0.05, 0.1) is 0 Å². The van der Waals surface area contributed by atoms with Crippen LogP contribution in [0.3, 0.4) is 0 Å². The van der Waals surface area contributed by atoms with Gasteiger partial charge in [-0.05, 0) is 37.0 Å². The summed E-state index contributed by atoms with van der Waals surface area (Å²) < 4.78 is 41.7. The quantitative estimate of drug-likeness (QED) is 0.829. The van der Waals surface area contributed by atoms with Gasteiger partial charge in [0.25, 0.3) is 0 Å². The van der Waals surface area contributed by atoms with E-state index >= 15 is 0 Å². The highest BCUT2D eigenvalue weighted by Gasteiger charge is 2.27. The van der Waals surface area contributed by atoms with Crippen LogP contribution in [0.25, 0.3) is 0 Å². The molecular formula is C14H19BrFNO2S. The van der Waals surface area contributed by atoms with Crippen molar-refractivity contribution in [3.05, 3.63) is 28.5 Å². The first-order valence-corrected chi connectivity index (χ1v) is 9.15. The van der Waals surface area contributed by atoms with E-state index < -0.39 is 15.8 Å². The maximum Gasteiger partial charge on any atom is 0.243 e. The molecule has 20 heavy (non-hydrogen) atoms. The molecule has 6 heteroatoms. The Hall–Kier alpha value is -0.460. The number of rotatable bonds is 3. The predicted octanol–water partition coefficient (Wildman–Crippen LogP) is 3.84. The third-order valence-corrected chi connectivity index (χ3v) is 5.87. The molecule has 0 bridgehead atoms. The molecule has 1 aliphatic carbocycles. The second kappa shape index (κ2) is 6.54. The Bertz CT molecular complexity index is 577. The molecule has 1 aromatic rings. The second-order valence-corrected chi connectivity index (χ2v) is 8.02. The van der Waals surface area contributed by atoms with Crippen LogP contribution in [0.15, 0.2) is 27.6 Å². The van der Waals surface area contributed by atoms with Crippen molar-refractivity contribution in [3.63, 3.8) is 0 Å². The zero-order valence-electron chi connectivity index (χ0n) is 11.4. The Kier molecular flexibility index (Phi) is 5.20. The highest BCUT2D eigenvalue weighted by atomic mass is 79.9. The van der Waals surface area contributed by atoms with Crippen molar-refractivity contribution < 1.29 is 12.8 Å². The molecule has 112 valence electrons. The Labute approximate surface area is 128 Å². The van der Waals surface area contributed by atoms with E-state index in [2.05, 4.69) is 27.6 Å². The fraction of sp³-hybridized carbons (Fsp3) is 0.571. The normalized spacial score (nSPS) is 24.4. The molecule has 0 saturated heterocycles. The SMILES string of the molecule is CC1CCCCCC1NS(=O)(=O)c1ccc(Br)cc1F. The lowest BCUT2D eigenvalue weighted by Gasteiger charge is -2.22. The van der Waals surface area contributed by atoms with Gasteiger partial charge < -0.3 is 0 Å². The van der Waals surface area contributed by atoms with E-state index in [0.29, 0.717) is 4.47 Å². The van der Waals surface area contributed by atoms with Crippen LogP contribution in [0, 0.1) is 11.7 Å². The lowest BCUT2D eigenvalue weighted by Crippen LogP contribution is -2.39. The molecule has 1 N–H and O–H groups in total. The van der Waals surface area contributed by atoms with Gasteiger partial charge in [0.1, 0.15) is 10.7 Å². The van der Waals surface area contributed by atoms with Crippen molar-refractivity contribution in [2.24, 2.45) is 5.92 Å². The first-order chi connectivity index (χ1) is 9.40. The maximum absolute atomic E-state index is 13.8. The summed E-state index contributed by atoms with van der Waals surface area (Å²) >= 11 is 3.13. The number of hydrogen-bond donors (Lipinski definition) is 1. The van der Waals surface area contributed by atoms with E-state index in [9.17, 15) is 12.8 Å². The van der Waals surface area contributed by atoms with Crippen LogP contribution in [0.5, 0.6) is 0 Å². The molecule has 2 atom stereocenters. The summed E-state index contributed by atoms with van der Waals surface area (Å²) in [6, 6.07) is 3.90. The minimum atomic E-state index is -3.80. The zero-order valence-corrected chi connectivity index (χ0v) is 13.8. The van der Waals surface area contributed by atoms with Gasteiger partial charge in [0, 0.05) is 10.5 Å². The van der Waals surface area contributed by atoms with E-state index in [4.69, 9.17) is 0 Å². The van der Waals surface area contributed by atoms with Crippen LogP contribution >= 0.6 is 15.9 Å². The molecule has 0 aromatic heterocycles. The van der Waals surface area contributed by atoms with Crippen LogP contribution < -0.4 is 4.72 Å². The monoisotopic (exact) mass is 363 g/mol. The van der Waals surface area contributed by atoms with Gasteiger partial charge in [-0.2, -0.15) is 0 Å². The van der Waals surface area contributed by atoms with Crippen LogP contribution in [-0.4, -0.2) is 14.5 Å². The molecule has 1 fully saturated rings. The average Bonchev–Trinajstić information content (AvgIpc) is 2.54. The fourth-order valence-electron chi connectivity index (χ4n) is 2.62. The standard InChI is InChI=1S/C14H19BrFNO2S/c1-10-5-3-2-4-6-13(10)17-20(18,19)14-8-7-11(15)9-12(14)16/h7-10,13,17H,2-6H2,1H3. The molecule has 3 nitrogen and oxygen atoms in total. The largest absolute Gasteiger partial charge is 0.243 e. The third-order valence-electron chi connectivity index (χ3n) is 3.85. The van der Waals surface area contributed by atoms with Crippen LogP contribution in [0.4, 0.5) is 4.39 Å². The topological polar surface area (TPSA) is 46.2 Å². The third kappa shape index (κ3) is 3.80. The van der Waals surface area contributed by atoms with E-state index in [1.165, 1.54) is 18.2 Å². The first-order valence-electron chi connectivity index (χ1n) is 6.87. The predicted molar refractivity (Wildman–Crippen MR) is 80.5 cm³/mol. The Morgan fingerprint density at radius 2 is 1.95 bits per heavy atom. The second-order valence-electron chi connectivity index (χ2n) is 5.42. The molecule has 2 rings (SSSR count).